The standard InChI is InChI=1S/C7H7O2P/c8-7(10-9)6-4-2-1-3-5-6/h1-5,7-8H/p+1. The minimum atomic E-state index is -0.818. The zero-order chi connectivity index (χ0) is 7.40. The Bertz CT molecular complexity index is 210. The Morgan fingerprint density at radius 3 is 2.40 bits per heavy atom. The molecule has 0 aliphatic rings. The first-order chi connectivity index (χ1) is 4.84. The summed E-state index contributed by atoms with van der Waals surface area (Å²) in [5.41, 5.74) is 0.704. The van der Waals surface area contributed by atoms with Crippen molar-refractivity contribution in [1.29, 1.82) is 0 Å². The van der Waals surface area contributed by atoms with Crippen LogP contribution in [0.5, 0.6) is 0 Å². The van der Waals surface area contributed by atoms with E-state index in [1.54, 1.807) is 24.3 Å². The predicted octanol–water partition coefficient (Wildman–Crippen LogP) is 1.70. The van der Waals surface area contributed by atoms with Crippen LogP contribution in [-0.2, 0) is 4.57 Å². The molecule has 3 heteroatoms. The Balaban J connectivity index is 2.84. The maximum absolute atomic E-state index is 10.2. The van der Waals surface area contributed by atoms with E-state index in [4.69, 9.17) is 5.11 Å². The van der Waals surface area contributed by atoms with Gasteiger partial charge in [-0.1, -0.05) is 34.9 Å². The number of aliphatic hydroxyl groups excluding tert-OH is 1. The van der Waals surface area contributed by atoms with Crippen molar-refractivity contribution in [3.8, 4) is 0 Å². The molecule has 0 aliphatic heterocycles. The first-order valence-corrected chi connectivity index (χ1v) is 3.94. The Labute approximate surface area is 60.7 Å². The van der Waals surface area contributed by atoms with Gasteiger partial charge in [-0.15, -0.1) is 0 Å². The van der Waals surface area contributed by atoms with Crippen LogP contribution >= 0.6 is 8.46 Å². The van der Waals surface area contributed by atoms with E-state index < -0.39 is 14.3 Å². The number of benzene rings is 1. The van der Waals surface area contributed by atoms with E-state index in [-0.39, 0.29) is 0 Å². The fourth-order valence-electron chi connectivity index (χ4n) is 0.703. The van der Waals surface area contributed by atoms with Crippen LogP contribution in [0.1, 0.15) is 11.4 Å². The smallest absolute Gasteiger partial charge is 0.347 e. The van der Waals surface area contributed by atoms with Crippen molar-refractivity contribution in [2.24, 2.45) is 0 Å². The highest BCUT2D eigenvalue weighted by atomic mass is 31.1. The fourth-order valence-corrected chi connectivity index (χ4v) is 1.03. The van der Waals surface area contributed by atoms with E-state index in [1.807, 2.05) is 6.07 Å². The SMILES string of the molecule is O=[PH+]C(O)c1ccccc1. The molecule has 0 saturated heterocycles. The van der Waals surface area contributed by atoms with E-state index >= 15 is 0 Å². The Morgan fingerprint density at radius 1 is 1.30 bits per heavy atom. The topological polar surface area (TPSA) is 37.3 Å². The lowest BCUT2D eigenvalue weighted by Crippen LogP contribution is -1.85. The van der Waals surface area contributed by atoms with E-state index in [1.165, 1.54) is 0 Å². The van der Waals surface area contributed by atoms with Crippen molar-refractivity contribution >= 4 is 8.46 Å². The van der Waals surface area contributed by atoms with Crippen LogP contribution in [0.25, 0.3) is 0 Å². The van der Waals surface area contributed by atoms with Crippen molar-refractivity contribution in [2.75, 3.05) is 0 Å². The lowest BCUT2D eigenvalue weighted by atomic mass is 10.2. The largest absolute Gasteiger partial charge is 0.361 e. The third-order valence-corrected chi connectivity index (χ3v) is 1.78. The van der Waals surface area contributed by atoms with Crippen molar-refractivity contribution in [1.82, 2.24) is 0 Å². The van der Waals surface area contributed by atoms with Gasteiger partial charge in [0, 0.05) is 5.56 Å². The summed E-state index contributed by atoms with van der Waals surface area (Å²) in [5.74, 6) is -0.818. The number of aliphatic hydroxyl groups is 1. The Kier molecular flexibility index (Phi) is 2.55. The average Bonchev–Trinajstić information content (AvgIpc) is 2.05. The maximum atomic E-state index is 10.2. The van der Waals surface area contributed by atoms with Crippen LogP contribution in [0.2, 0.25) is 0 Å². The summed E-state index contributed by atoms with van der Waals surface area (Å²) in [5, 5.41) is 9.03. The van der Waals surface area contributed by atoms with Crippen LogP contribution < -0.4 is 0 Å². The van der Waals surface area contributed by atoms with Gasteiger partial charge in [-0.3, -0.25) is 0 Å². The first-order valence-electron chi connectivity index (χ1n) is 2.95. The second-order valence-electron chi connectivity index (χ2n) is 1.93. The van der Waals surface area contributed by atoms with Gasteiger partial charge in [0.25, 0.3) is 5.85 Å². The Hall–Kier alpha value is -0.720. The van der Waals surface area contributed by atoms with E-state index in [0.717, 1.165) is 0 Å². The molecular weight excluding hydrogens is 147 g/mol. The average molecular weight is 155 g/mol. The third-order valence-electron chi connectivity index (χ3n) is 1.23. The second-order valence-corrected chi connectivity index (χ2v) is 2.71. The highest BCUT2D eigenvalue weighted by Gasteiger charge is 2.11. The van der Waals surface area contributed by atoms with Crippen molar-refractivity contribution in [3.63, 3.8) is 0 Å². The molecule has 1 aromatic carbocycles. The van der Waals surface area contributed by atoms with Crippen molar-refractivity contribution in [2.45, 2.75) is 5.85 Å². The molecule has 1 N–H and O–H groups in total. The lowest BCUT2D eigenvalue weighted by molar-refractivity contribution is 0.262. The van der Waals surface area contributed by atoms with Gasteiger partial charge in [-0.25, -0.2) is 0 Å². The van der Waals surface area contributed by atoms with Crippen molar-refractivity contribution < 1.29 is 9.67 Å². The first kappa shape index (κ1) is 7.39. The normalized spacial score (nSPS) is 13.3. The highest BCUT2D eigenvalue weighted by molar-refractivity contribution is 7.23. The summed E-state index contributed by atoms with van der Waals surface area (Å²) in [7, 11) is -0.685. The molecule has 0 bridgehead atoms. The molecule has 2 atom stereocenters. The second kappa shape index (κ2) is 3.45. The summed E-state index contributed by atoms with van der Waals surface area (Å²) in [6.07, 6.45) is 0. The zero-order valence-electron chi connectivity index (χ0n) is 5.32. The molecule has 0 fully saturated rings. The minimum absolute atomic E-state index is 0.685. The van der Waals surface area contributed by atoms with Crippen LogP contribution in [-0.4, -0.2) is 5.11 Å². The summed E-state index contributed by atoms with van der Waals surface area (Å²) >= 11 is 0. The van der Waals surface area contributed by atoms with Gasteiger partial charge >= 0.3 is 8.46 Å². The van der Waals surface area contributed by atoms with Crippen LogP contribution in [0.15, 0.2) is 30.3 Å². The molecular formula is C7H8O2P+. The molecule has 1 rings (SSSR count). The van der Waals surface area contributed by atoms with Gasteiger partial charge < -0.3 is 5.11 Å². The van der Waals surface area contributed by atoms with Gasteiger partial charge in [0.2, 0.25) is 0 Å². The summed E-state index contributed by atoms with van der Waals surface area (Å²) in [4.78, 5) is 0. The van der Waals surface area contributed by atoms with E-state index in [9.17, 15) is 4.57 Å². The molecule has 0 amide bonds. The molecule has 2 nitrogen and oxygen atoms in total. The van der Waals surface area contributed by atoms with Gasteiger partial charge in [0.15, 0.2) is 0 Å². The summed E-state index contributed by atoms with van der Waals surface area (Å²) < 4.78 is 10.2. The molecule has 0 spiro atoms. The minimum Gasteiger partial charge on any atom is -0.347 e. The van der Waals surface area contributed by atoms with Gasteiger partial charge in [-0.05, 0) is 0 Å². The molecule has 0 radical (unpaired) electrons. The summed E-state index contributed by atoms with van der Waals surface area (Å²) in [6, 6.07) is 8.95. The van der Waals surface area contributed by atoms with E-state index in [0.29, 0.717) is 5.56 Å². The molecule has 10 heavy (non-hydrogen) atoms. The molecule has 0 heterocycles. The van der Waals surface area contributed by atoms with Gasteiger partial charge in [-0.2, -0.15) is 0 Å². The molecule has 52 valence electrons. The third kappa shape index (κ3) is 1.63. The van der Waals surface area contributed by atoms with Crippen LogP contribution in [0.3, 0.4) is 0 Å². The highest BCUT2D eigenvalue weighted by Crippen LogP contribution is 2.22. The quantitative estimate of drug-likeness (QED) is 0.660. The van der Waals surface area contributed by atoms with Gasteiger partial charge in [0.1, 0.15) is 0 Å². The molecule has 0 aliphatic carbocycles. The monoisotopic (exact) mass is 155 g/mol. The fraction of sp³-hybridized carbons (Fsp3) is 0.143. The molecule has 1 aromatic rings. The van der Waals surface area contributed by atoms with Crippen molar-refractivity contribution in [3.05, 3.63) is 35.9 Å². The Morgan fingerprint density at radius 2 is 1.90 bits per heavy atom. The van der Waals surface area contributed by atoms with Crippen LogP contribution in [0, 0.1) is 0 Å². The van der Waals surface area contributed by atoms with Gasteiger partial charge in [0.05, 0.1) is 0 Å². The van der Waals surface area contributed by atoms with E-state index in [2.05, 4.69) is 0 Å². The number of hydrogen-bond acceptors (Lipinski definition) is 2. The molecule has 0 aromatic heterocycles. The lowest BCUT2D eigenvalue weighted by Gasteiger charge is -1.93. The number of hydrogen-bond donors (Lipinski definition) is 1. The predicted molar refractivity (Wildman–Crippen MR) is 40.4 cm³/mol. The molecule has 0 saturated carbocycles. The number of rotatable bonds is 2. The van der Waals surface area contributed by atoms with Crippen LogP contribution in [0.4, 0.5) is 0 Å². The molecule has 2 unspecified atom stereocenters. The zero-order valence-corrected chi connectivity index (χ0v) is 6.32. The summed E-state index contributed by atoms with van der Waals surface area (Å²) in [6.45, 7) is 0. The maximum Gasteiger partial charge on any atom is 0.361 e.